The number of halogens is 3. The molecular formula is C34H49F3N6O8. The molecule has 0 spiro atoms. The van der Waals surface area contributed by atoms with E-state index in [9.17, 15) is 46.7 Å². The molecule has 1 saturated carbocycles. The molecule has 7 N–H and O–H groups in total. The minimum atomic E-state index is -5.02. The number of rotatable bonds is 18. The molecule has 1 aromatic rings. The molecule has 1 aliphatic carbocycles. The second-order valence-corrected chi connectivity index (χ2v) is 13.4. The standard InChI is InChI=1S/C34H49F3N6O8/c1-19(2)15-23(40-31(48)27(22-13-9-6-10-14-22)43-33(50)51-18-20(3)4)30(47)41-24(16-34(35,36)37)28(45)32(49)39-17-25(44)42-26(29(38)46)21-11-7-5-8-12-21/h5,7-8,11-12,19-20,22-24,26-27H,6,9-10,13-18H2,1-4H3,(H2,38,46)(H,39,49)(H,40,48)(H,41,47)(H,42,44)(H,43,50)/t23-,24?,26-,27-/m0/s1. The summed E-state index contributed by atoms with van der Waals surface area (Å²) in [5, 5.41) is 11.2. The third kappa shape index (κ3) is 15.4. The number of carbonyl (C=O) groups excluding carboxylic acids is 7. The van der Waals surface area contributed by atoms with Gasteiger partial charge in [0.1, 0.15) is 24.2 Å². The van der Waals surface area contributed by atoms with E-state index in [1.165, 1.54) is 12.1 Å². The lowest BCUT2D eigenvalue weighted by Gasteiger charge is -2.31. The fourth-order valence-corrected chi connectivity index (χ4v) is 5.54. The van der Waals surface area contributed by atoms with E-state index in [0.29, 0.717) is 18.4 Å². The number of Topliss-reactive ketones (excluding diaryl/α,β-unsaturated/α-hetero) is 1. The number of hydrogen-bond acceptors (Lipinski definition) is 8. The minimum Gasteiger partial charge on any atom is -0.449 e. The van der Waals surface area contributed by atoms with Crippen molar-refractivity contribution in [3.63, 3.8) is 0 Å². The van der Waals surface area contributed by atoms with Gasteiger partial charge in [-0.3, -0.25) is 28.8 Å². The van der Waals surface area contributed by atoms with Gasteiger partial charge in [0.15, 0.2) is 0 Å². The first-order valence-corrected chi connectivity index (χ1v) is 16.9. The maximum Gasteiger partial charge on any atom is 0.407 e. The first-order valence-electron chi connectivity index (χ1n) is 16.9. The number of primary amides is 1. The molecule has 51 heavy (non-hydrogen) atoms. The first-order chi connectivity index (χ1) is 23.9. The van der Waals surface area contributed by atoms with E-state index < -0.39 is 84.7 Å². The van der Waals surface area contributed by atoms with Crippen LogP contribution in [0.3, 0.4) is 0 Å². The van der Waals surface area contributed by atoms with E-state index in [4.69, 9.17) is 10.5 Å². The van der Waals surface area contributed by atoms with E-state index in [2.05, 4.69) is 16.0 Å². The highest BCUT2D eigenvalue weighted by atomic mass is 19.4. The molecule has 284 valence electrons. The average molecular weight is 727 g/mol. The molecule has 0 aliphatic heterocycles. The third-order valence-corrected chi connectivity index (χ3v) is 7.99. The number of benzene rings is 1. The summed E-state index contributed by atoms with van der Waals surface area (Å²) in [7, 11) is 0. The van der Waals surface area contributed by atoms with Gasteiger partial charge in [-0.1, -0.05) is 77.3 Å². The summed E-state index contributed by atoms with van der Waals surface area (Å²) in [6.07, 6.45) is -4.08. The van der Waals surface area contributed by atoms with Crippen molar-refractivity contribution >= 4 is 41.4 Å². The van der Waals surface area contributed by atoms with Crippen LogP contribution in [0.1, 0.15) is 84.2 Å². The van der Waals surface area contributed by atoms with Crippen molar-refractivity contribution in [2.45, 2.75) is 103 Å². The summed E-state index contributed by atoms with van der Waals surface area (Å²) in [6, 6.07) is 1.58. The van der Waals surface area contributed by atoms with Gasteiger partial charge in [-0.15, -0.1) is 0 Å². The molecule has 0 bridgehead atoms. The third-order valence-electron chi connectivity index (χ3n) is 7.99. The van der Waals surface area contributed by atoms with Crippen molar-refractivity contribution in [1.29, 1.82) is 0 Å². The fourth-order valence-electron chi connectivity index (χ4n) is 5.54. The topological polar surface area (TPSA) is 215 Å². The number of ketones is 1. The van der Waals surface area contributed by atoms with E-state index in [-0.39, 0.29) is 30.8 Å². The van der Waals surface area contributed by atoms with Gasteiger partial charge in [0.2, 0.25) is 29.4 Å². The Morgan fingerprint density at radius 2 is 1.43 bits per heavy atom. The van der Waals surface area contributed by atoms with Crippen LogP contribution in [0, 0.1) is 17.8 Å². The minimum absolute atomic E-state index is 0.0252. The Labute approximate surface area is 294 Å². The number of carbonyl (C=O) groups is 7. The van der Waals surface area contributed by atoms with Crippen molar-refractivity contribution in [2.24, 2.45) is 23.5 Å². The van der Waals surface area contributed by atoms with Gasteiger partial charge >= 0.3 is 12.3 Å². The van der Waals surface area contributed by atoms with Gasteiger partial charge in [-0.05, 0) is 42.6 Å². The number of hydrogen-bond donors (Lipinski definition) is 6. The van der Waals surface area contributed by atoms with Crippen molar-refractivity contribution < 1.29 is 51.5 Å². The number of alkyl carbamates (subject to hydrolysis) is 1. The molecule has 0 heterocycles. The molecule has 0 aromatic heterocycles. The Morgan fingerprint density at radius 1 is 0.824 bits per heavy atom. The Morgan fingerprint density at radius 3 is 1.98 bits per heavy atom. The predicted octanol–water partition coefficient (Wildman–Crippen LogP) is 2.31. The van der Waals surface area contributed by atoms with Crippen molar-refractivity contribution in [3.8, 4) is 0 Å². The van der Waals surface area contributed by atoms with Crippen LogP contribution in [-0.4, -0.2) is 78.9 Å². The predicted molar refractivity (Wildman–Crippen MR) is 178 cm³/mol. The summed E-state index contributed by atoms with van der Waals surface area (Å²) in [4.78, 5) is 89.5. The summed E-state index contributed by atoms with van der Waals surface area (Å²) in [5.41, 5.74) is 5.68. The Balaban J connectivity index is 2.18. The fraction of sp³-hybridized carbons (Fsp3) is 0.618. The number of alkyl halides is 3. The molecule has 6 amide bonds. The Kier molecular flexibility index (Phi) is 16.8. The van der Waals surface area contributed by atoms with Crippen LogP contribution >= 0.6 is 0 Å². The average Bonchev–Trinajstić information content (AvgIpc) is 3.06. The van der Waals surface area contributed by atoms with Crippen LogP contribution in [0.2, 0.25) is 0 Å². The molecule has 0 radical (unpaired) electrons. The molecular weight excluding hydrogens is 677 g/mol. The summed E-state index contributed by atoms with van der Waals surface area (Å²) in [6.45, 7) is 6.25. The number of nitrogens with two attached hydrogens (primary N) is 1. The van der Waals surface area contributed by atoms with Crippen molar-refractivity contribution in [1.82, 2.24) is 26.6 Å². The highest BCUT2D eigenvalue weighted by Gasteiger charge is 2.40. The number of amides is 6. The van der Waals surface area contributed by atoms with E-state index >= 15 is 0 Å². The number of nitrogens with one attached hydrogen (secondary N) is 5. The van der Waals surface area contributed by atoms with Crippen LogP contribution in [0.25, 0.3) is 0 Å². The quantitative estimate of drug-likeness (QED) is 0.123. The highest BCUT2D eigenvalue weighted by molar-refractivity contribution is 6.38. The molecule has 2 rings (SSSR count). The maximum absolute atomic E-state index is 13.6. The zero-order valence-corrected chi connectivity index (χ0v) is 29.3. The van der Waals surface area contributed by atoms with Crippen LogP contribution in [-0.2, 0) is 33.5 Å². The smallest absolute Gasteiger partial charge is 0.407 e. The Hall–Kier alpha value is -4.70. The lowest BCUT2D eigenvalue weighted by molar-refractivity contribution is -0.154. The van der Waals surface area contributed by atoms with Gasteiger partial charge in [-0.2, -0.15) is 13.2 Å². The monoisotopic (exact) mass is 726 g/mol. The molecule has 4 atom stereocenters. The molecule has 1 fully saturated rings. The first kappa shape index (κ1) is 42.5. The van der Waals surface area contributed by atoms with Crippen LogP contribution in [0.4, 0.5) is 18.0 Å². The van der Waals surface area contributed by atoms with Gasteiger partial charge in [0.05, 0.1) is 19.6 Å². The SMILES string of the molecule is CC(C)COC(=O)N[C@H](C(=O)N[C@@H](CC(C)C)C(=O)NC(CC(F)(F)F)C(=O)C(=O)NCC(=O)N[C@H](C(N)=O)c1ccccc1)C1CCCCC1. The molecule has 1 aromatic carbocycles. The lowest BCUT2D eigenvalue weighted by atomic mass is 9.83. The lowest BCUT2D eigenvalue weighted by Crippen LogP contribution is -2.59. The largest absolute Gasteiger partial charge is 0.449 e. The van der Waals surface area contributed by atoms with Crippen molar-refractivity contribution in [2.75, 3.05) is 13.2 Å². The Bertz CT molecular complexity index is 1370. The molecule has 1 unspecified atom stereocenters. The summed E-state index contributed by atoms with van der Waals surface area (Å²) < 4.78 is 45.9. The van der Waals surface area contributed by atoms with Crippen LogP contribution in [0.5, 0.6) is 0 Å². The maximum atomic E-state index is 13.6. The van der Waals surface area contributed by atoms with Gasteiger partial charge in [-0.25, -0.2) is 4.79 Å². The molecule has 14 nitrogen and oxygen atoms in total. The zero-order valence-electron chi connectivity index (χ0n) is 29.3. The van der Waals surface area contributed by atoms with Gasteiger partial charge in [0.25, 0.3) is 5.91 Å². The normalized spacial score (nSPS) is 15.9. The summed E-state index contributed by atoms with van der Waals surface area (Å²) in [5.74, 6) is -7.67. The number of ether oxygens (including phenoxy) is 1. The van der Waals surface area contributed by atoms with Gasteiger partial charge in [0, 0.05) is 0 Å². The summed E-state index contributed by atoms with van der Waals surface area (Å²) >= 11 is 0. The van der Waals surface area contributed by atoms with Crippen LogP contribution < -0.4 is 32.3 Å². The van der Waals surface area contributed by atoms with Gasteiger partial charge < -0.3 is 37.1 Å². The van der Waals surface area contributed by atoms with E-state index in [1.54, 1.807) is 32.0 Å². The highest BCUT2D eigenvalue weighted by Crippen LogP contribution is 2.27. The second kappa shape index (κ2) is 20.2. The molecule has 17 heteroatoms. The van der Waals surface area contributed by atoms with E-state index in [0.717, 1.165) is 19.3 Å². The van der Waals surface area contributed by atoms with E-state index in [1.807, 2.05) is 24.5 Å². The second-order valence-electron chi connectivity index (χ2n) is 13.4. The van der Waals surface area contributed by atoms with Crippen LogP contribution in [0.15, 0.2) is 30.3 Å². The zero-order chi connectivity index (χ0) is 38.3. The molecule has 0 saturated heterocycles. The molecule has 1 aliphatic rings. The van der Waals surface area contributed by atoms with Crippen molar-refractivity contribution in [3.05, 3.63) is 35.9 Å².